The van der Waals surface area contributed by atoms with Gasteiger partial charge in [0.2, 0.25) is 10.0 Å². The van der Waals surface area contributed by atoms with Crippen LogP contribution in [0.2, 0.25) is 0 Å². The Morgan fingerprint density at radius 2 is 1.68 bits per heavy atom. The predicted octanol–water partition coefficient (Wildman–Crippen LogP) is 2.11. The molecule has 0 heterocycles. The molecule has 1 aromatic rings. The van der Waals surface area contributed by atoms with E-state index in [9.17, 15) is 8.42 Å². The lowest BCUT2D eigenvalue weighted by Gasteiger charge is -2.30. The van der Waals surface area contributed by atoms with Gasteiger partial charge in [-0.1, -0.05) is 18.2 Å². The number of hydrogen-bond donors (Lipinski definition) is 2. The first kappa shape index (κ1) is 24.4. The molecule has 8 heteroatoms. The third-order valence-corrected chi connectivity index (χ3v) is 6.39. The van der Waals surface area contributed by atoms with Crippen LogP contribution in [0.4, 0.5) is 0 Å². The van der Waals surface area contributed by atoms with E-state index < -0.39 is 10.0 Å². The van der Waals surface area contributed by atoms with Gasteiger partial charge in [-0.25, -0.2) is 17.7 Å². The molecule has 0 spiro atoms. The molecule has 0 aliphatic heterocycles. The lowest BCUT2D eigenvalue weighted by Crippen LogP contribution is -2.45. The van der Waals surface area contributed by atoms with E-state index in [1.54, 1.807) is 12.1 Å². The summed E-state index contributed by atoms with van der Waals surface area (Å²) < 4.78 is 26.3. The van der Waals surface area contributed by atoms with E-state index in [0.717, 1.165) is 19.6 Å². The van der Waals surface area contributed by atoms with Gasteiger partial charge in [-0.05, 0) is 46.2 Å². The summed E-state index contributed by atoms with van der Waals surface area (Å²) in [6, 6.07) is 7.96. The molecule has 0 saturated heterocycles. The monoisotopic (exact) mass is 411 g/mol. The Bertz CT molecular complexity index is 722. The highest BCUT2D eigenvalue weighted by molar-refractivity contribution is 7.89. The van der Waals surface area contributed by atoms with Crippen molar-refractivity contribution in [1.82, 2.24) is 19.8 Å². The summed E-state index contributed by atoms with van der Waals surface area (Å²) in [7, 11) is -0.423. The van der Waals surface area contributed by atoms with Crippen molar-refractivity contribution in [3.05, 3.63) is 29.8 Å². The Labute approximate surface area is 171 Å². The minimum Gasteiger partial charge on any atom is -0.357 e. The molecule has 1 rings (SSSR count). The van der Waals surface area contributed by atoms with Crippen LogP contribution in [0.25, 0.3) is 0 Å². The molecule has 160 valence electrons. The van der Waals surface area contributed by atoms with Crippen LogP contribution in [-0.2, 0) is 16.6 Å². The summed E-state index contributed by atoms with van der Waals surface area (Å²) in [5.41, 5.74) is 0.680. The van der Waals surface area contributed by atoms with E-state index in [4.69, 9.17) is 0 Å². The third-order valence-electron chi connectivity index (χ3n) is 4.47. The summed E-state index contributed by atoms with van der Waals surface area (Å²) in [6.07, 6.45) is 0. The second-order valence-electron chi connectivity index (χ2n) is 7.44. The van der Waals surface area contributed by atoms with Gasteiger partial charge in [0.25, 0.3) is 0 Å². The SMILES string of the molecule is CCNC(=NCc1ccccc1S(=O)(=O)N(C)C)NCCN(C(C)C)C(C)C. The summed E-state index contributed by atoms with van der Waals surface area (Å²) >= 11 is 0. The predicted molar refractivity (Wildman–Crippen MR) is 117 cm³/mol. The Morgan fingerprint density at radius 1 is 1.07 bits per heavy atom. The molecule has 0 amide bonds. The number of benzene rings is 1. The maximum absolute atomic E-state index is 12.5. The molecule has 28 heavy (non-hydrogen) atoms. The third kappa shape index (κ3) is 7.07. The van der Waals surface area contributed by atoms with Crippen LogP contribution in [0.5, 0.6) is 0 Å². The highest BCUT2D eigenvalue weighted by Crippen LogP contribution is 2.19. The van der Waals surface area contributed by atoms with Gasteiger partial charge in [-0.2, -0.15) is 0 Å². The lowest BCUT2D eigenvalue weighted by molar-refractivity contribution is 0.178. The first-order valence-electron chi connectivity index (χ1n) is 9.89. The van der Waals surface area contributed by atoms with Crippen molar-refractivity contribution >= 4 is 16.0 Å². The Kier molecular flexibility index (Phi) is 9.92. The van der Waals surface area contributed by atoms with Crippen molar-refractivity contribution in [3.8, 4) is 0 Å². The molecule has 7 nitrogen and oxygen atoms in total. The van der Waals surface area contributed by atoms with Crippen molar-refractivity contribution in [2.45, 2.75) is 58.1 Å². The summed E-state index contributed by atoms with van der Waals surface area (Å²) in [4.78, 5) is 7.31. The van der Waals surface area contributed by atoms with E-state index in [1.807, 2.05) is 19.1 Å². The average molecular weight is 412 g/mol. The zero-order valence-electron chi connectivity index (χ0n) is 18.4. The fourth-order valence-corrected chi connectivity index (χ4v) is 4.11. The van der Waals surface area contributed by atoms with Crippen LogP contribution in [-0.4, -0.2) is 69.4 Å². The summed E-state index contributed by atoms with van der Waals surface area (Å²) in [6.45, 7) is 13.5. The normalized spacial score (nSPS) is 13.0. The molecule has 0 fully saturated rings. The highest BCUT2D eigenvalue weighted by Gasteiger charge is 2.20. The molecule has 0 aliphatic carbocycles. The van der Waals surface area contributed by atoms with E-state index in [1.165, 1.54) is 18.4 Å². The Balaban J connectivity index is 2.89. The molecule has 0 bridgehead atoms. The van der Waals surface area contributed by atoms with Crippen LogP contribution in [0.3, 0.4) is 0 Å². The van der Waals surface area contributed by atoms with Gasteiger partial charge in [0.15, 0.2) is 5.96 Å². The quantitative estimate of drug-likeness (QED) is 0.455. The molecule has 0 aliphatic rings. The second-order valence-corrected chi connectivity index (χ2v) is 9.56. The number of hydrogen-bond acceptors (Lipinski definition) is 4. The van der Waals surface area contributed by atoms with Crippen molar-refractivity contribution in [3.63, 3.8) is 0 Å². The molecule has 0 aromatic heterocycles. The first-order chi connectivity index (χ1) is 13.1. The number of nitrogens with one attached hydrogen (secondary N) is 2. The van der Waals surface area contributed by atoms with Crippen molar-refractivity contribution in [2.75, 3.05) is 33.7 Å². The average Bonchev–Trinajstić information content (AvgIpc) is 2.62. The minimum atomic E-state index is -3.50. The van der Waals surface area contributed by atoms with Gasteiger partial charge in [0.05, 0.1) is 11.4 Å². The van der Waals surface area contributed by atoms with E-state index >= 15 is 0 Å². The maximum Gasteiger partial charge on any atom is 0.242 e. The smallest absolute Gasteiger partial charge is 0.242 e. The molecule has 0 unspecified atom stereocenters. The zero-order valence-corrected chi connectivity index (χ0v) is 19.2. The van der Waals surface area contributed by atoms with Gasteiger partial charge >= 0.3 is 0 Å². The van der Waals surface area contributed by atoms with Crippen LogP contribution < -0.4 is 10.6 Å². The summed E-state index contributed by atoms with van der Waals surface area (Å²) in [5.74, 6) is 0.687. The van der Waals surface area contributed by atoms with Gasteiger partial charge in [0.1, 0.15) is 0 Å². The molecule has 0 radical (unpaired) electrons. The van der Waals surface area contributed by atoms with Crippen LogP contribution >= 0.6 is 0 Å². The van der Waals surface area contributed by atoms with Gasteiger partial charge in [-0.3, -0.25) is 4.90 Å². The number of sulfonamides is 1. The lowest BCUT2D eigenvalue weighted by atomic mass is 10.2. The zero-order chi connectivity index (χ0) is 21.3. The fraction of sp³-hybridized carbons (Fsp3) is 0.650. The van der Waals surface area contributed by atoms with Crippen LogP contribution in [0, 0.1) is 0 Å². The maximum atomic E-state index is 12.5. The van der Waals surface area contributed by atoms with Crippen LogP contribution in [0.15, 0.2) is 34.2 Å². The Morgan fingerprint density at radius 3 is 2.21 bits per heavy atom. The number of aliphatic imine (C=N–C) groups is 1. The molecule has 0 atom stereocenters. The molecule has 1 aromatic carbocycles. The van der Waals surface area contributed by atoms with Crippen molar-refractivity contribution in [1.29, 1.82) is 0 Å². The number of guanidine groups is 1. The second kappa shape index (κ2) is 11.4. The first-order valence-corrected chi connectivity index (χ1v) is 11.3. The van der Waals surface area contributed by atoms with Gasteiger partial charge in [-0.15, -0.1) is 0 Å². The number of rotatable bonds is 10. The minimum absolute atomic E-state index is 0.288. The highest BCUT2D eigenvalue weighted by atomic mass is 32.2. The molecular formula is C20H37N5O2S. The number of nitrogens with zero attached hydrogens (tertiary/aromatic N) is 3. The fourth-order valence-electron chi connectivity index (χ4n) is 3.00. The largest absolute Gasteiger partial charge is 0.357 e. The van der Waals surface area contributed by atoms with E-state index in [0.29, 0.717) is 28.5 Å². The standard InChI is InChI=1S/C20H37N5O2S/c1-8-21-20(22-13-14-25(16(2)3)17(4)5)23-15-18-11-9-10-12-19(18)28(26,27)24(6)7/h9-12,16-17H,8,13-15H2,1-7H3,(H2,21,22,23). The van der Waals surface area contributed by atoms with E-state index in [2.05, 4.69) is 48.2 Å². The molecule has 2 N–H and O–H groups in total. The van der Waals surface area contributed by atoms with Gasteiger partial charge < -0.3 is 10.6 Å². The molecule has 0 saturated carbocycles. The van der Waals surface area contributed by atoms with Crippen LogP contribution in [0.1, 0.15) is 40.2 Å². The van der Waals surface area contributed by atoms with Gasteiger partial charge in [0, 0.05) is 45.8 Å². The topological polar surface area (TPSA) is 77.0 Å². The Hall–Kier alpha value is -1.64. The van der Waals surface area contributed by atoms with E-state index in [-0.39, 0.29) is 6.54 Å². The van der Waals surface area contributed by atoms with Crippen molar-refractivity contribution in [2.24, 2.45) is 4.99 Å². The summed E-state index contributed by atoms with van der Waals surface area (Å²) in [5, 5.41) is 6.58. The van der Waals surface area contributed by atoms with Crippen molar-refractivity contribution < 1.29 is 8.42 Å². The molecular weight excluding hydrogens is 374 g/mol.